The number of fused-ring (bicyclic) bond motifs is 1. The smallest absolute Gasteiger partial charge is 0.340 e. The first kappa shape index (κ1) is 24.3. The molecule has 2 N–H and O–H groups in total. The number of aromatic nitrogens is 5. The molecule has 13 heteroatoms. The molecular formula is C25H25F3N8O2. The fourth-order valence-corrected chi connectivity index (χ4v) is 4.52. The number of nitrogens with one attached hydrogen (secondary N) is 2. The third-order valence-corrected chi connectivity index (χ3v) is 6.67. The van der Waals surface area contributed by atoms with Gasteiger partial charge in [-0.2, -0.15) is 18.2 Å². The second-order valence-electron chi connectivity index (χ2n) is 9.67. The lowest BCUT2D eigenvalue weighted by Gasteiger charge is -2.35. The fourth-order valence-electron chi connectivity index (χ4n) is 4.52. The highest BCUT2D eigenvalue weighted by atomic mass is 19.4. The number of benzene rings is 1. The molecule has 4 heterocycles. The maximum Gasteiger partial charge on any atom is 0.397 e. The second kappa shape index (κ2) is 9.71. The molecular weight excluding hydrogens is 501 g/mol. The first-order valence-corrected chi connectivity index (χ1v) is 12.4. The number of carbonyl (C=O) groups is 1. The third-order valence-electron chi connectivity index (χ3n) is 6.67. The molecule has 10 nitrogen and oxygen atoms in total. The van der Waals surface area contributed by atoms with Crippen molar-refractivity contribution in [3.63, 3.8) is 0 Å². The van der Waals surface area contributed by atoms with Crippen LogP contribution in [0.5, 0.6) is 0 Å². The maximum atomic E-state index is 12.5. The minimum absolute atomic E-state index is 0.275. The molecule has 6 rings (SSSR count). The number of pyridine rings is 1. The number of nitrogens with zero attached hydrogens (tertiary/aromatic N) is 6. The summed E-state index contributed by atoms with van der Waals surface area (Å²) in [6.07, 6.45) is -2.00. The molecule has 1 aliphatic heterocycles. The van der Waals surface area contributed by atoms with Crippen LogP contribution in [0.3, 0.4) is 0 Å². The number of imidazole rings is 1. The van der Waals surface area contributed by atoms with E-state index in [1.54, 1.807) is 6.20 Å². The molecule has 2 fully saturated rings. The number of hydrogen-bond donors (Lipinski definition) is 2. The van der Waals surface area contributed by atoms with Crippen LogP contribution in [0.4, 0.5) is 24.9 Å². The zero-order valence-electron chi connectivity index (χ0n) is 20.3. The van der Waals surface area contributed by atoms with Crippen LogP contribution in [-0.2, 0) is 11.3 Å². The first-order chi connectivity index (χ1) is 18.3. The molecule has 0 spiro atoms. The van der Waals surface area contributed by atoms with E-state index in [-0.39, 0.29) is 13.1 Å². The monoisotopic (exact) mass is 526 g/mol. The van der Waals surface area contributed by atoms with Crippen molar-refractivity contribution in [1.82, 2.24) is 34.9 Å². The average molecular weight is 527 g/mol. The SMILES string of the molecule is O=C(CC(F)(F)F)N1CCN(Cc2ccnc(Nc3nc4ccc(-c5nc(C6CC6)no5)cc4[nH]3)c2)CC1. The molecule has 1 saturated heterocycles. The molecule has 38 heavy (non-hydrogen) atoms. The van der Waals surface area contributed by atoms with Crippen molar-refractivity contribution in [3.05, 3.63) is 47.9 Å². The second-order valence-corrected chi connectivity index (χ2v) is 9.67. The van der Waals surface area contributed by atoms with Gasteiger partial charge in [-0.1, -0.05) is 5.16 Å². The molecule has 0 atom stereocenters. The van der Waals surface area contributed by atoms with Crippen LogP contribution in [0.25, 0.3) is 22.5 Å². The molecule has 3 aromatic heterocycles. The minimum atomic E-state index is -4.48. The normalized spacial score (nSPS) is 16.8. The Morgan fingerprint density at radius 1 is 1.11 bits per heavy atom. The van der Waals surface area contributed by atoms with Crippen molar-refractivity contribution < 1.29 is 22.5 Å². The average Bonchev–Trinajstić information content (AvgIpc) is 3.46. The molecule has 2 aliphatic rings. The lowest BCUT2D eigenvalue weighted by Crippen LogP contribution is -2.49. The number of hydrogen-bond acceptors (Lipinski definition) is 8. The zero-order chi connectivity index (χ0) is 26.3. The number of rotatable bonds is 7. The van der Waals surface area contributed by atoms with Gasteiger partial charge < -0.3 is 19.7 Å². The molecule has 1 saturated carbocycles. The first-order valence-electron chi connectivity index (χ1n) is 12.4. The molecule has 0 bridgehead atoms. The van der Waals surface area contributed by atoms with Gasteiger partial charge in [0.05, 0.1) is 11.0 Å². The molecule has 4 aromatic rings. The lowest BCUT2D eigenvalue weighted by atomic mass is 10.2. The summed E-state index contributed by atoms with van der Waals surface area (Å²) in [5.74, 6) is 1.92. The summed E-state index contributed by atoms with van der Waals surface area (Å²) >= 11 is 0. The lowest BCUT2D eigenvalue weighted by molar-refractivity contribution is -0.162. The van der Waals surface area contributed by atoms with Crippen LogP contribution in [0.2, 0.25) is 0 Å². The van der Waals surface area contributed by atoms with Gasteiger partial charge in [0.2, 0.25) is 11.9 Å². The summed E-state index contributed by atoms with van der Waals surface area (Å²) in [6.45, 7) is 2.15. The van der Waals surface area contributed by atoms with Gasteiger partial charge in [-0.05, 0) is 48.7 Å². The van der Waals surface area contributed by atoms with Crippen LogP contribution in [-0.4, -0.2) is 73.2 Å². The molecule has 198 valence electrons. The highest BCUT2D eigenvalue weighted by molar-refractivity contribution is 5.82. The highest BCUT2D eigenvalue weighted by Crippen LogP contribution is 2.39. The number of halogens is 3. The number of piperazine rings is 1. The van der Waals surface area contributed by atoms with Crippen LogP contribution in [0.1, 0.15) is 36.6 Å². The van der Waals surface area contributed by atoms with E-state index in [1.165, 1.54) is 4.90 Å². The molecule has 0 radical (unpaired) electrons. The van der Waals surface area contributed by atoms with Crippen LogP contribution in [0, 0.1) is 0 Å². The Kier molecular flexibility index (Phi) is 6.22. The van der Waals surface area contributed by atoms with Gasteiger partial charge in [-0.3, -0.25) is 9.69 Å². The standard InChI is InChI=1S/C25H25F3N8O2/c26-25(27,28)13-21(37)36-9-7-35(8-10-36)14-15-5-6-29-20(11-15)32-24-30-18-4-3-17(12-19(18)31-24)23-33-22(34-38-23)16-1-2-16/h3-6,11-12,16H,1-2,7-10,13-14H2,(H2,29,30,31,32). The van der Waals surface area contributed by atoms with Gasteiger partial charge in [0.25, 0.3) is 5.89 Å². The highest BCUT2D eigenvalue weighted by Gasteiger charge is 2.34. The number of carbonyl (C=O) groups excluding carboxylic acids is 1. The molecule has 1 aliphatic carbocycles. The summed E-state index contributed by atoms with van der Waals surface area (Å²) in [4.78, 5) is 31.9. The van der Waals surface area contributed by atoms with E-state index < -0.39 is 18.5 Å². The van der Waals surface area contributed by atoms with Crippen LogP contribution < -0.4 is 5.32 Å². The van der Waals surface area contributed by atoms with Crippen molar-refractivity contribution >= 4 is 28.7 Å². The molecule has 1 amide bonds. The number of amides is 1. The van der Waals surface area contributed by atoms with Crippen molar-refractivity contribution in [2.45, 2.75) is 37.9 Å². The van der Waals surface area contributed by atoms with Crippen LogP contribution in [0.15, 0.2) is 41.1 Å². The largest absolute Gasteiger partial charge is 0.397 e. The van der Waals surface area contributed by atoms with Gasteiger partial charge in [0, 0.05) is 50.4 Å². The Morgan fingerprint density at radius 2 is 1.92 bits per heavy atom. The van der Waals surface area contributed by atoms with Gasteiger partial charge in [-0.25, -0.2) is 9.97 Å². The number of H-pyrrole nitrogens is 1. The van der Waals surface area contributed by atoms with Gasteiger partial charge in [0.15, 0.2) is 5.82 Å². The Hall–Kier alpha value is -4.00. The van der Waals surface area contributed by atoms with E-state index >= 15 is 0 Å². The Morgan fingerprint density at radius 3 is 2.68 bits per heavy atom. The summed E-state index contributed by atoms with van der Waals surface area (Å²) in [5, 5.41) is 7.27. The van der Waals surface area contributed by atoms with Crippen molar-refractivity contribution in [1.29, 1.82) is 0 Å². The van der Waals surface area contributed by atoms with E-state index in [1.807, 2.05) is 30.3 Å². The predicted octanol–water partition coefficient (Wildman–Crippen LogP) is 4.23. The number of alkyl halides is 3. The third kappa shape index (κ3) is 5.62. The van der Waals surface area contributed by atoms with E-state index in [2.05, 4.69) is 35.3 Å². The molecule has 1 aromatic carbocycles. The summed E-state index contributed by atoms with van der Waals surface area (Å²) in [5.41, 5.74) is 3.38. The zero-order valence-corrected chi connectivity index (χ0v) is 20.3. The van der Waals surface area contributed by atoms with Gasteiger partial charge in [0.1, 0.15) is 12.2 Å². The van der Waals surface area contributed by atoms with E-state index in [0.29, 0.717) is 43.2 Å². The van der Waals surface area contributed by atoms with E-state index in [9.17, 15) is 18.0 Å². The Labute approximate surface area is 215 Å². The fraction of sp³-hybridized carbons (Fsp3) is 0.400. The Bertz CT molecular complexity index is 1450. The Balaban J connectivity index is 1.07. The topological polar surface area (TPSA) is 116 Å². The number of aromatic amines is 1. The quantitative estimate of drug-likeness (QED) is 0.368. The van der Waals surface area contributed by atoms with Gasteiger partial charge >= 0.3 is 6.18 Å². The van der Waals surface area contributed by atoms with Gasteiger partial charge in [-0.15, -0.1) is 0 Å². The molecule has 0 unspecified atom stereocenters. The van der Waals surface area contributed by atoms with Crippen LogP contribution >= 0.6 is 0 Å². The van der Waals surface area contributed by atoms with Crippen molar-refractivity contribution in [2.24, 2.45) is 0 Å². The summed E-state index contributed by atoms with van der Waals surface area (Å²) in [7, 11) is 0. The summed E-state index contributed by atoms with van der Waals surface area (Å²) < 4.78 is 43.0. The van der Waals surface area contributed by atoms with E-state index in [4.69, 9.17) is 4.52 Å². The maximum absolute atomic E-state index is 12.5. The van der Waals surface area contributed by atoms with Crippen molar-refractivity contribution in [3.8, 4) is 11.5 Å². The predicted molar refractivity (Wildman–Crippen MR) is 131 cm³/mol. The number of anilines is 2. The van der Waals surface area contributed by atoms with E-state index in [0.717, 1.165) is 40.8 Å². The minimum Gasteiger partial charge on any atom is -0.340 e. The summed E-state index contributed by atoms with van der Waals surface area (Å²) in [6, 6.07) is 9.48. The van der Waals surface area contributed by atoms with Crippen molar-refractivity contribution in [2.75, 3.05) is 31.5 Å².